The Labute approximate surface area is 134 Å². The number of hydrogen-bond donors (Lipinski definition) is 0. The Hall–Kier alpha value is -1.51. The number of methoxy groups -OCH3 is 1. The van der Waals surface area contributed by atoms with E-state index < -0.39 is 30.0 Å². The second kappa shape index (κ2) is 6.78. The van der Waals surface area contributed by atoms with Crippen molar-refractivity contribution < 1.29 is 40.2 Å². The minimum Gasteiger partial charge on any atom is -0.494 e. The van der Waals surface area contributed by atoms with Crippen molar-refractivity contribution in [2.45, 2.75) is 43.9 Å². The standard InChI is InChI=1S/C15H17F7O2/c1-4-24-11-7-5-10(6-8-11)12(2,23-3)9-13(16,17)14(18,19)15(20,21)22/h5-8H,4,9H2,1-3H3. The van der Waals surface area contributed by atoms with Gasteiger partial charge in [0.1, 0.15) is 5.75 Å². The predicted molar refractivity (Wildman–Crippen MR) is 72.5 cm³/mol. The average Bonchev–Trinajstić information content (AvgIpc) is 2.46. The third kappa shape index (κ3) is 3.93. The van der Waals surface area contributed by atoms with Gasteiger partial charge in [0, 0.05) is 7.11 Å². The van der Waals surface area contributed by atoms with Crippen LogP contribution in [0.4, 0.5) is 30.7 Å². The quantitative estimate of drug-likeness (QED) is 0.623. The Balaban J connectivity index is 3.15. The van der Waals surface area contributed by atoms with Crippen LogP contribution in [0.1, 0.15) is 25.8 Å². The van der Waals surface area contributed by atoms with Crippen LogP contribution in [0.3, 0.4) is 0 Å². The molecule has 0 saturated heterocycles. The Morgan fingerprint density at radius 1 is 0.917 bits per heavy atom. The maximum absolute atomic E-state index is 13.7. The molecule has 0 spiro atoms. The Morgan fingerprint density at radius 3 is 1.79 bits per heavy atom. The molecule has 0 aliphatic heterocycles. The summed E-state index contributed by atoms with van der Waals surface area (Å²) in [5, 5.41) is 0. The van der Waals surface area contributed by atoms with Crippen LogP contribution in [-0.2, 0) is 10.3 Å². The summed E-state index contributed by atoms with van der Waals surface area (Å²) in [7, 11) is 0.957. The average molecular weight is 362 g/mol. The van der Waals surface area contributed by atoms with Gasteiger partial charge < -0.3 is 9.47 Å². The third-order valence-electron chi connectivity index (χ3n) is 3.60. The number of rotatable bonds is 7. The maximum atomic E-state index is 13.7. The van der Waals surface area contributed by atoms with Gasteiger partial charge in [-0.25, -0.2) is 0 Å². The lowest BCUT2D eigenvalue weighted by atomic mass is 9.87. The molecule has 1 aromatic rings. The fourth-order valence-corrected chi connectivity index (χ4v) is 2.10. The highest BCUT2D eigenvalue weighted by Crippen LogP contribution is 2.51. The summed E-state index contributed by atoms with van der Waals surface area (Å²) < 4.78 is 100. The molecule has 9 heteroatoms. The molecule has 138 valence electrons. The molecular weight excluding hydrogens is 345 g/mol. The first-order chi connectivity index (χ1) is 10.8. The lowest BCUT2D eigenvalue weighted by molar-refractivity contribution is -0.361. The van der Waals surface area contributed by atoms with Crippen LogP contribution in [0.25, 0.3) is 0 Å². The molecule has 0 aliphatic carbocycles. The molecule has 0 bridgehead atoms. The fraction of sp³-hybridized carbons (Fsp3) is 0.600. The normalized spacial score (nSPS) is 15.9. The van der Waals surface area contributed by atoms with Gasteiger partial charge in [-0.3, -0.25) is 0 Å². The van der Waals surface area contributed by atoms with E-state index in [9.17, 15) is 30.7 Å². The molecule has 1 atom stereocenters. The first kappa shape index (κ1) is 20.5. The van der Waals surface area contributed by atoms with Crippen LogP contribution in [-0.4, -0.2) is 31.7 Å². The molecule has 24 heavy (non-hydrogen) atoms. The monoisotopic (exact) mass is 362 g/mol. The third-order valence-corrected chi connectivity index (χ3v) is 3.60. The van der Waals surface area contributed by atoms with E-state index in [0.717, 1.165) is 14.0 Å². The first-order valence-corrected chi connectivity index (χ1v) is 6.91. The van der Waals surface area contributed by atoms with E-state index in [-0.39, 0.29) is 5.56 Å². The van der Waals surface area contributed by atoms with E-state index in [1.807, 2.05) is 0 Å². The van der Waals surface area contributed by atoms with Crippen LogP contribution in [0.2, 0.25) is 0 Å². The molecule has 0 aromatic heterocycles. The highest BCUT2D eigenvalue weighted by Gasteiger charge is 2.73. The summed E-state index contributed by atoms with van der Waals surface area (Å²) in [4.78, 5) is 0. The molecule has 0 N–H and O–H groups in total. The molecule has 0 amide bonds. The maximum Gasteiger partial charge on any atom is 0.459 e. The van der Waals surface area contributed by atoms with Gasteiger partial charge in [-0.2, -0.15) is 30.7 Å². The number of alkyl halides is 7. The van der Waals surface area contributed by atoms with Crippen molar-refractivity contribution in [1.82, 2.24) is 0 Å². The molecule has 0 saturated carbocycles. The fourth-order valence-electron chi connectivity index (χ4n) is 2.10. The van der Waals surface area contributed by atoms with Gasteiger partial charge in [-0.1, -0.05) is 12.1 Å². The largest absolute Gasteiger partial charge is 0.494 e. The molecule has 1 rings (SSSR count). The molecular formula is C15H17F7O2. The van der Waals surface area contributed by atoms with Crippen molar-refractivity contribution in [3.05, 3.63) is 29.8 Å². The lowest BCUT2D eigenvalue weighted by Gasteiger charge is -2.36. The minimum absolute atomic E-state index is 0.0195. The minimum atomic E-state index is -6.37. The number of ether oxygens (including phenoxy) is 2. The second-order valence-electron chi connectivity index (χ2n) is 5.35. The van der Waals surface area contributed by atoms with Crippen LogP contribution >= 0.6 is 0 Å². The van der Waals surface area contributed by atoms with Crippen LogP contribution < -0.4 is 4.74 Å². The van der Waals surface area contributed by atoms with Crippen molar-refractivity contribution in [2.24, 2.45) is 0 Å². The Morgan fingerprint density at radius 2 is 1.42 bits per heavy atom. The zero-order valence-corrected chi connectivity index (χ0v) is 13.2. The van der Waals surface area contributed by atoms with Gasteiger partial charge in [-0.15, -0.1) is 0 Å². The van der Waals surface area contributed by atoms with Crippen LogP contribution in [0, 0.1) is 0 Å². The topological polar surface area (TPSA) is 18.5 Å². The van der Waals surface area contributed by atoms with Crippen LogP contribution in [0.15, 0.2) is 24.3 Å². The SMILES string of the molecule is CCOc1ccc(C(C)(CC(F)(F)C(F)(F)C(F)(F)F)OC)cc1. The van der Waals surface area contributed by atoms with Crippen molar-refractivity contribution in [2.75, 3.05) is 13.7 Å². The van der Waals surface area contributed by atoms with Crippen molar-refractivity contribution in [3.8, 4) is 5.75 Å². The van der Waals surface area contributed by atoms with E-state index in [0.29, 0.717) is 12.4 Å². The lowest BCUT2D eigenvalue weighted by Crippen LogP contribution is -2.54. The zero-order chi connectivity index (χ0) is 18.8. The summed E-state index contributed by atoms with van der Waals surface area (Å²) in [5.41, 5.74) is -2.03. The summed E-state index contributed by atoms with van der Waals surface area (Å²) in [5.74, 6) is -11.1. The predicted octanol–water partition coefficient (Wildman–Crippen LogP) is 5.17. The van der Waals surface area contributed by atoms with Gasteiger partial charge in [0.25, 0.3) is 0 Å². The van der Waals surface area contributed by atoms with E-state index in [1.165, 1.54) is 24.3 Å². The van der Waals surface area contributed by atoms with Crippen LogP contribution in [0.5, 0.6) is 5.75 Å². The van der Waals surface area contributed by atoms with Gasteiger partial charge >= 0.3 is 18.0 Å². The molecule has 0 aliphatic rings. The zero-order valence-electron chi connectivity index (χ0n) is 13.2. The summed E-state index contributed by atoms with van der Waals surface area (Å²) in [6.07, 6.45) is -8.22. The van der Waals surface area contributed by atoms with Gasteiger partial charge in [0.05, 0.1) is 18.6 Å². The molecule has 1 aromatic carbocycles. The van der Waals surface area contributed by atoms with E-state index in [2.05, 4.69) is 0 Å². The van der Waals surface area contributed by atoms with Gasteiger partial charge in [-0.05, 0) is 31.5 Å². The van der Waals surface area contributed by atoms with Crippen molar-refractivity contribution in [1.29, 1.82) is 0 Å². The van der Waals surface area contributed by atoms with Crippen molar-refractivity contribution in [3.63, 3.8) is 0 Å². The number of benzene rings is 1. The van der Waals surface area contributed by atoms with Gasteiger partial charge in [0.2, 0.25) is 0 Å². The molecule has 2 nitrogen and oxygen atoms in total. The highest BCUT2D eigenvalue weighted by atomic mass is 19.4. The summed E-state index contributed by atoms with van der Waals surface area (Å²) in [6.45, 7) is 3.08. The smallest absolute Gasteiger partial charge is 0.459 e. The Bertz CT molecular complexity index is 540. The van der Waals surface area contributed by atoms with E-state index >= 15 is 0 Å². The molecule has 0 radical (unpaired) electrons. The molecule has 1 unspecified atom stereocenters. The van der Waals surface area contributed by atoms with E-state index in [1.54, 1.807) is 6.92 Å². The van der Waals surface area contributed by atoms with E-state index in [4.69, 9.17) is 9.47 Å². The molecule has 0 heterocycles. The summed E-state index contributed by atoms with van der Waals surface area (Å²) >= 11 is 0. The number of hydrogen-bond acceptors (Lipinski definition) is 2. The highest BCUT2D eigenvalue weighted by molar-refractivity contribution is 5.31. The summed E-state index contributed by atoms with van der Waals surface area (Å²) in [6, 6.07) is 5.32. The van der Waals surface area contributed by atoms with Crippen molar-refractivity contribution >= 4 is 0 Å². The Kier molecular flexibility index (Phi) is 5.80. The second-order valence-corrected chi connectivity index (χ2v) is 5.35. The van der Waals surface area contributed by atoms with Gasteiger partial charge in [0.15, 0.2) is 0 Å². The number of halogens is 7. The molecule has 0 fully saturated rings. The first-order valence-electron chi connectivity index (χ1n) is 6.91.